The predicted molar refractivity (Wildman–Crippen MR) is 93.5 cm³/mol. The second-order valence-corrected chi connectivity index (χ2v) is 6.79. The monoisotopic (exact) mass is 339 g/mol. The Morgan fingerprint density at radius 2 is 2.16 bits per heavy atom. The molecule has 1 aliphatic carbocycles. The number of furan rings is 1. The highest BCUT2D eigenvalue weighted by Gasteiger charge is 2.38. The number of ketones is 1. The van der Waals surface area contributed by atoms with Crippen LogP contribution in [0.1, 0.15) is 57.2 Å². The maximum Gasteiger partial charge on any atom is 0.291 e. The first-order valence-corrected chi connectivity index (χ1v) is 8.57. The molecule has 1 amide bonds. The van der Waals surface area contributed by atoms with Crippen molar-refractivity contribution in [3.05, 3.63) is 52.5 Å². The number of hydrogen-bond acceptors (Lipinski definition) is 5. The number of rotatable bonds is 3. The number of hydrazine groups is 1. The first-order chi connectivity index (χ1) is 12.0. The van der Waals surface area contributed by atoms with E-state index in [1.807, 2.05) is 6.92 Å². The molecule has 1 saturated heterocycles. The van der Waals surface area contributed by atoms with Crippen molar-refractivity contribution < 1.29 is 14.0 Å². The van der Waals surface area contributed by atoms with Gasteiger partial charge in [-0.3, -0.25) is 15.0 Å². The summed E-state index contributed by atoms with van der Waals surface area (Å²) in [6.45, 7) is 4.38. The van der Waals surface area contributed by atoms with E-state index in [9.17, 15) is 9.59 Å². The minimum absolute atomic E-state index is 0.0356. The van der Waals surface area contributed by atoms with Gasteiger partial charge in [-0.25, -0.2) is 5.43 Å². The number of carbonyl (C=O) groups excluding carboxylic acids is 2. The number of anilines is 1. The van der Waals surface area contributed by atoms with Crippen LogP contribution in [0, 0.1) is 12.8 Å². The molecule has 3 N–H and O–H groups in total. The summed E-state index contributed by atoms with van der Waals surface area (Å²) >= 11 is 0. The Bertz CT molecular complexity index is 856. The van der Waals surface area contributed by atoms with Crippen molar-refractivity contribution in [2.24, 2.45) is 5.92 Å². The van der Waals surface area contributed by atoms with E-state index in [2.05, 4.69) is 16.2 Å². The molecule has 1 fully saturated rings. The van der Waals surface area contributed by atoms with E-state index < -0.39 is 0 Å². The molecule has 1 aliphatic heterocycles. The number of amides is 1. The molecule has 2 atom stereocenters. The molecule has 4 rings (SSSR count). The van der Waals surface area contributed by atoms with E-state index in [-0.39, 0.29) is 17.7 Å². The SMILES string of the molecule is CC(=O)c1cccc(NC(=O)c2oc3c(c2C)C2NNCC2CC3)c1. The van der Waals surface area contributed by atoms with Crippen LogP contribution in [-0.4, -0.2) is 18.2 Å². The maximum absolute atomic E-state index is 12.7. The van der Waals surface area contributed by atoms with Gasteiger partial charge in [0.1, 0.15) is 5.76 Å². The van der Waals surface area contributed by atoms with Gasteiger partial charge >= 0.3 is 0 Å². The zero-order chi connectivity index (χ0) is 17.6. The van der Waals surface area contributed by atoms with Crippen LogP contribution in [-0.2, 0) is 6.42 Å². The second kappa shape index (κ2) is 6.13. The highest BCUT2D eigenvalue weighted by atomic mass is 16.4. The third-order valence-electron chi connectivity index (χ3n) is 5.15. The van der Waals surface area contributed by atoms with Crippen molar-refractivity contribution in [2.75, 3.05) is 11.9 Å². The molecule has 6 heteroatoms. The Balaban J connectivity index is 1.61. The summed E-state index contributed by atoms with van der Waals surface area (Å²) in [4.78, 5) is 24.2. The van der Waals surface area contributed by atoms with E-state index in [1.54, 1.807) is 24.3 Å². The zero-order valence-corrected chi connectivity index (χ0v) is 14.3. The molecule has 2 aromatic rings. The highest BCUT2D eigenvalue weighted by molar-refractivity contribution is 6.04. The van der Waals surface area contributed by atoms with Crippen LogP contribution in [0.5, 0.6) is 0 Å². The van der Waals surface area contributed by atoms with Crippen LogP contribution in [0.4, 0.5) is 5.69 Å². The average molecular weight is 339 g/mol. The highest BCUT2D eigenvalue weighted by Crippen LogP contribution is 2.40. The van der Waals surface area contributed by atoms with Crippen LogP contribution in [0.15, 0.2) is 28.7 Å². The minimum Gasteiger partial charge on any atom is -0.455 e. The molecule has 2 heterocycles. The predicted octanol–water partition coefficient (Wildman–Crippen LogP) is 2.75. The lowest BCUT2D eigenvalue weighted by atomic mass is 9.83. The number of fused-ring (bicyclic) bond motifs is 3. The number of benzene rings is 1. The van der Waals surface area contributed by atoms with E-state index in [4.69, 9.17) is 4.42 Å². The molecular weight excluding hydrogens is 318 g/mol. The number of hydrogen-bond donors (Lipinski definition) is 3. The Kier molecular flexibility index (Phi) is 3.94. The van der Waals surface area contributed by atoms with Gasteiger partial charge in [-0.1, -0.05) is 12.1 Å². The van der Waals surface area contributed by atoms with Gasteiger partial charge in [0, 0.05) is 35.3 Å². The Hall–Kier alpha value is -2.44. The Morgan fingerprint density at radius 1 is 1.32 bits per heavy atom. The third-order valence-corrected chi connectivity index (χ3v) is 5.15. The number of nitrogens with one attached hydrogen (secondary N) is 3. The summed E-state index contributed by atoms with van der Waals surface area (Å²) in [6.07, 6.45) is 1.90. The number of Topliss-reactive ketones (excluding diaryl/α,β-unsaturated/α-hetero) is 1. The van der Waals surface area contributed by atoms with Gasteiger partial charge in [-0.05, 0) is 38.3 Å². The lowest BCUT2D eigenvalue weighted by Crippen LogP contribution is -2.27. The van der Waals surface area contributed by atoms with Crippen LogP contribution in [0.2, 0.25) is 0 Å². The fraction of sp³-hybridized carbons (Fsp3) is 0.368. The van der Waals surface area contributed by atoms with Crippen molar-refractivity contribution in [2.45, 2.75) is 32.7 Å². The molecule has 0 spiro atoms. The van der Waals surface area contributed by atoms with Gasteiger partial charge < -0.3 is 9.73 Å². The fourth-order valence-electron chi connectivity index (χ4n) is 3.83. The molecule has 0 radical (unpaired) electrons. The maximum atomic E-state index is 12.7. The summed E-state index contributed by atoms with van der Waals surface area (Å²) in [5.74, 6) is 1.47. The van der Waals surface area contributed by atoms with Crippen molar-refractivity contribution in [3.8, 4) is 0 Å². The van der Waals surface area contributed by atoms with Gasteiger partial charge in [0.05, 0.1) is 6.04 Å². The molecule has 2 aliphatic rings. The summed E-state index contributed by atoms with van der Waals surface area (Å²) in [5.41, 5.74) is 9.66. The van der Waals surface area contributed by atoms with Crippen molar-refractivity contribution >= 4 is 17.4 Å². The van der Waals surface area contributed by atoms with E-state index in [0.717, 1.165) is 36.3 Å². The second-order valence-electron chi connectivity index (χ2n) is 6.79. The smallest absolute Gasteiger partial charge is 0.291 e. The molecule has 6 nitrogen and oxygen atoms in total. The fourth-order valence-corrected chi connectivity index (χ4v) is 3.83. The summed E-state index contributed by atoms with van der Waals surface area (Å²) in [7, 11) is 0. The normalized spacial score (nSPS) is 21.5. The van der Waals surface area contributed by atoms with E-state index in [0.29, 0.717) is 22.9 Å². The largest absolute Gasteiger partial charge is 0.455 e. The zero-order valence-electron chi connectivity index (χ0n) is 14.3. The lowest BCUT2D eigenvalue weighted by molar-refractivity contribution is 0.0989. The van der Waals surface area contributed by atoms with Gasteiger partial charge in [-0.15, -0.1) is 0 Å². The quantitative estimate of drug-likeness (QED) is 0.749. The van der Waals surface area contributed by atoms with Gasteiger partial charge in [-0.2, -0.15) is 0 Å². The molecular formula is C19H21N3O3. The number of carbonyl (C=O) groups is 2. The molecule has 2 unspecified atom stereocenters. The van der Waals surface area contributed by atoms with Gasteiger partial charge in [0.15, 0.2) is 11.5 Å². The van der Waals surface area contributed by atoms with Crippen molar-refractivity contribution in [1.82, 2.24) is 10.9 Å². The first kappa shape index (κ1) is 16.1. The van der Waals surface area contributed by atoms with Crippen LogP contribution in [0.25, 0.3) is 0 Å². The topological polar surface area (TPSA) is 83.4 Å². The van der Waals surface area contributed by atoms with Crippen LogP contribution < -0.4 is 16.2 Å². The standard InChI is InChI=1S/C19H21N3O3/c1-10-16-15(7-6-13-9-20-22-17(13)16)25-18(10)19(24)21-14-5-3-4-12(8-14)11(2)23/h3-5,8,13,17,20,22H,6-7,9H2,1-2H3,(H,21,24). The molecule has 130 valence electrons. The third kappa shape index (κ3) is 2.77. The minimum atomic E-state index is -0.282. The van der Waals surface area contributed by atoms with Crippen LogP contribution in [0.3, 0.4) is 0 Å². The molecule has 0 bridgehead atoms. The van der Waals surface area contributed by atoms with Gasteiger partial charge in [0.25, 0.3) is 5.91 Å². The molecule has 1 aromatic heterocycles. The average Bonchev–Trinajstić information content (AvgIpc) is 3.19. The molecule has 0 saturated carbocycles. The summed E-state index contributed by atoms with van der Waals surface area (Å²) in [6, 6.07) is 7.13. The van der Waals surface area contributed by atoms with E-state index >= 15 is 0 Å². The Morgan fingerprint density at radius 3 is 2.96 bits per heavy atom. The molecule has 25 heavy (non-hydrogen) atoms. The Labute approximate surface area is 145 Å². The van der Waals surface area contributed by atoms with Gasteiger partial charge in [0.2, 0.25) is 0 Å². The lowest BCUT2D eigenvalue weighted by Gasteiger charge is -2.23. The van der Waals surface area contributed by atoms with Crippen molar-refractivity contribution in [3.63, 3.8) is 0 Å². The van der Waals surface area contributed by atoms with Crippen molar-refractivity contribution in [1.29, 1.82) is 0 Å². The first-order valence-electron chi connectivity index (χ1n) is 8.57. The molecule has 1 aromatic carbocycles. The van der Waals surface area contributed by atoms with Crippen LogP contribution >= 0.6 is 0 Å². The number of aryl methyl sites for hydroxylation is 1. The summed E-state index contributed by atoms with van der Waals surface area (Å²) in [5, 5.41) is 2.84. The van der Waals surface area contributed by atoms with E-state index in [1.165, 1.54) is 6.92 Å². The summed E-state index contributed by atoms with van der Waals surface area (Å²) < 4.78 is 5.91.